The highest BCUT2D eigenvalue weighted by Gasteiger charge is 2.44. The maximum atomic E-state index is 12.8. The molecule has 1 aliphatic heterocycles. The molecular weight excluding hydrogens is 426 g/mol. The topological polar surface area (TPSA) is 108 Å². The molecule has 2 aromatic rings. The summed E-state index contributed by atoms with van der Waals surface area (Å²) in [7, 11) is 1.20. The van der Waals surface area contributed by atoms with E-state index < -0.39 is 23.7 Å². The number of aryl methyl sites for hydroxylation is 2. The molecule has 2 atom stereocenters. The van der Waals surface area contributed by atoms with Crippen LogP contribution in [0, 0.1) is 31.1 Å². The lowest BCUT2D eigenvalue weighted by Gasteiger charge is -2.30. The molecule has 0 radical (unpaired) electrons. The van der Waals surface area contributed by atoms with E-state index in [1.165, 1.54) is 7.11 Å². The monoisotopic (exact) mass is 449 g/mol. The van der Waals surface area contributed by atoms with E-state index in [9.17, 15) is 19.6 Å². The van der Waals surface area contributed by atoms with Gasteiger partial charge < -0.3 is 15.4 Å². The smallest absolute Gasteiger partial charge is 0.319 e. The summed E-state index contributed by atoms with van der Waals surface area (Å²) in [5, 5.41) is 15.6. The summed E-state index contributed by atoms with van der Waals surface area (Å²) in [5.41, 5.74) is 3.60. The molecule has 0 saturated heterocycles. The van der Waals surface area contributed by atoms with Crippen molar-refractivity contribution in [3.8, 4) is 6.07 Å². The number of methoxy groups -OCH3 is 1. The van der Waals surface area contributed by atoms with Crippen molar-refractivity contribution in [3.63, 3.8) is 0 Å². The Balaban J connectivity index is 1.86. The second-order valence-electron chi connectivity index (χ2n) is 7.39. The van der Waals surface area contributed by atoms with E-state index in [0.717, 1.165) is 22.9 Å². The molecule has 0 fully saturated rings. The van der Waals surface area contributed by atoms with Gasteiger partial charge in [0, 0.05) is 11.6 Å². The van der Waals surface area contributed by atoms with Crippen molar-refractivity contribution < 1.29 is 19.1 Å². The third-order valence-electron chi connectivity index (χ3n) is 5.15. The molecule has 1 aliphatic rings. The Morgan fingerprint density at radius 3 is 2.53 bits per heavy atom. The van der Waals surface area contributed by atoms with Crippen LogP contribution in [0.5, 0.6) is 0 Å². The van der Waals surface area contributed by atoms with Crippen LogP contribution in [0.4, 0.5) is 5.69 Å². The van der Waals surface area contributed by atoms with Gasteiger partial charge in [0.1, 0.15) is 5.92 Å². The molecule has 2 N–H and O–H groups in total. The highest BCUT2D eigenvalue weighted by molar-refractivity contribution is 8.03. The summed E-state index contributed by atoms with van der Waals surface area (Å²) in [4.78, 5) is 37.7. The average molecular weight is 450 g/mol. The van der Waals surface area contributed by atoms with Crippen LogP contribution < -0.4 is 10.6 Å². The normalized spacial score (nSPS) is 17.9. The molecule has 0 aliphatic carbocycles. The molecule has 0 saturated carbocycles. The van der Waals surface area contributed by atoms with Crippen LogP contribution in [-0.2, 0) is 19.1 Å². The molecule has 0 spiro atoms. The van der Waals surface area contributed by atoms with Crippen LogP contribution in [-0.4, -0.2) is 30.6 Å². The van der Waals surface area contributed by atoms with Gasteiger partial charge in [-0.15, -0.1) is 0 Å². The largest absolute Gasteiger partial charge is 0.468 e. The van der Waals surface area contributed by atoms with Crippen molar-refractivity contribution in [1.82, 2.24) is 5.32 Å². The maximum Gasteiger partial charge on any atom is 0.319 e. The van der Waals surface area contributed by atoms with Crippen molar-refractivity contribution in [2.24, 2.45) is 5.92 Å². The van der Waals surface area contributed by atoms with Gasteiger partial charge in [-0.3, -0.25) is 14.4 Å². The van der Waals surface area contributed by atoms with Crippen LogP contribution in [0.3, 0.4) is 0 Å². The lowest BCUT2D eigenvalue weighted by molar-refractivity contribution is -0.150. The minimum Gasteiger partial charge on any atom is -0.468 e. The first kappa shape index (κ1) is 23.1. The predicted molar refractivity (Wildman–Crippen MR) is 122 cm³/mol. The number of hydrogen-bond donors (Lipinski definition) is 2. The van der Waals surface area contributed by atoms with E-state index in [-0.39, 0.29) is 22.3 Å². The number of carbonyl (C=O) groups is 3. The van der Waals surface area contributed by atoms with Gasteiger partial charge in [-0.2, -0.15) is 5.26 Å². The Kier molecular flexibility index (Phi) is 7.33. The first-order valence-electron chi connectivity index (χ1n) is 9.93. The molecule has 0 aromatic heterocycles. The van der Waals surface area contributed by atoms with Crippen LogP contribution in [0.15, 0.2) is 59.1 Å². The molecule has 7 nitrogen and oxygen atoms in total. The number of amides is 2. The fourth-order valence-corrected chi connectivity index (χ4v) is 4.47. The Morgan fingerprint density at radius 2 is 1.91 bits per heavy atom. The van der Waals surface area contributed by atoms with E-state index >= 15 is 0 Å². The second-order valence-corrected chi connectivity index (χ2v) is 8.37. The lowest BCUT2D eigenvalue weighted by atomic mass is 9.78. The summed E-state index contributed by atoms with van der Waals surface area (Å²) >= 11 is 1.05. The molecule has 3 rings (SSSR count). The zero-order chi connectivity index (χ0) is 23.3. The number of nitriles is 1. The molecule has 1 heterocycles. The fraction of sp³-hybridized carbons (Fsp3) is 0.250. The molecule has 2 aromatic carbocycles. The summed E-state index contributed by atoms with van der Waals surface area (Å²) < 4.78 is 4.82. The highest BCUT2D eigenvalue weighted by atomic mass is 32.2. The minimum absolute atomic E-state index is 0.0154. The summed E-state index contributed by atoms with van der Waals surface area (Å²) in [6.45, 7) is 3.88. The Bertz CT molecular complexity index is 1120. The van der Waals surface area contributed by atoms with Crippen molar-refractivity contribution in [2.45, 2.75) is 19.8 Å². The fourth-order valence-electron chi connectivity index (χ4n) is 3.62. The second kappa shape index (κ2) is 10.2. The third-order valence-corrected chi connectivity index (χ3v) is 6.16. The quantitative estimate of drug-likeness (QED) is 0.517. The van der Waals surface area contributed by atoms with E-state index in [1.54, 1.807) is 24.3 Å². The first-order valence-corrected chi connectivity index (χ1v) is 10.9. The number of nitrogens with zero attached hydrogens (tertiary/aromatic N) is 1. The zero-order valence-corrected chi connectivity index (χ0v) is 18.8. The Morgan fingerprint density at radius 1 is 1.19 bits per heavy atom. The van der Waals surface area contributed by atoms with Crippen molar-refractivity contribution in [2.75, 3.05) is 18.2 Å². The Hall–Kier alpha value is -3.57. The van der Waals surface area contributed by atoms with Crippen LogP contribution >= 0.6 is 11.8 Å². The number of ether oxygens (including phenoxy) is 1. The van der Waals surface area contributed by atoms with Gasteiger partial charge in [0.05, 0.1) is 29.5 Å². The highest BCUT2D eigenvalue weighted by Crippen LogP contribution is 2.40. The van der Waals surface area contributed by atoms with Crippen molar-refractivity contribution >= 4 is 35.2 Å². The molecule has 164 valence electrons. The number of nitrogens with one attached hydrogen (secondary N) is 2. The Labute approximate surface area is 190 Å². The van der Waals surface area contributed by atoms with Gasteiger partial charge in [0.15, 0.2) is 0 Å². The van der Waals surface area contributed by atoms with Gasteiger partial charge in [0.2, 0.25) is 11.8 Å². The SMILES string of the molecule is COC(=O)[C@H]1C(=O)NC(SCC(=O)Nc2ccc(C)cc2C)=C(C#N)[C@@H]1c1ccccc1. The van der Waals surface area contributed by atoms with E-state index in [1.807, 2.05) is 38.1 Å². The zero-order valence-electron chi connectivity index (χ0n) is 18.0. The van der Waals surface area contributed by atoms with Gasteiger partial charge in [-0.05, 0) is 31.0 Å². The molecule has 32 heavy (non-hydrogen) atoms. The molecule has 2 amide bonds. The van der Waals surface area contributed by atoms with Crippen LogP contribution in [0.25, 0.3) is 0 Å². The average Bonchev–Trinajstić information content (AvgIpc) is 2.79. The molecule has 0 unspecified atom stereocenters. The van der Waals surface area contributed by atoms with Gasteiger partial charge in [-0.1, -0.05) is 59.8 Å². The standard InChI is InChI=1S/C24H23N3O4S/c1-14-9-10-18(15(2)11-14)26-19(28)13-32-23-17(12-25)20(16-7-5-4-6-8-16)21(22(29)27-23)24(30)31-3/h4-11,20-21H,13H2,1-3H3,(H,26,28)(H,27,29)/t20-,21+/m0/s1. The summed E-state index contributed by atoms with van der Waals surface area (Å²) in [5.74, 6) is -3.56. The van der Waals surface area contributed by atoms with E-state index in [4.69, 9.17) is 4.74 Å². The number of benzene rings is 2. The molecule has 0 bridgehead atoms. The number of thioether (sulfide) groups is 1. The number of anilines is 1. The van der Waals surface area contributed by atoms with Gasteiger partial charge in [0.25, 0.3) is 0 Å². The van der Waals surface area contributed by atoms with Crippen molar-refractivity contribution in [3.05, 3.63) is 75.8 Å². The number of hydrogen-bond acceptors (Lipinski definition) is 6. The molecular formula is C24H23N3O4S. The number of esters is 1. The first-order chi connectivity index (χ1) is 15.3. The van der Waals surface area contributed by atoms with Gasteiger partial charge in [-0.25, -0.2) is 0 Å². The number of allylic oxidation sites excluding steroid dienone is 1. The number of carbonyl (C=O) groups excluding carboxylic acids is 3. The maximum absolute atomic E-state index is 12.8. The molecule has 8 heteroatoms. The minimum atomic E-state index is -1.19. The van der Waals surface area contributed by atoms with Crippen molar-refractivity contribution in [1.29, 1.82) is 5.26 Å². The summed E-state index contributed by atoms with van der Waals surface area (Å²) in [6, 6.07) is 16.7. The van der Waals surface area contributed by atoms with Crippen LogP contribution in [0.2, 0.25) is 0 Å². The van der Waals surface area contributed by atoms with Gasteiger partial charge >= 0.3 is 5.97 Å². The number of rotatable bonds is 6. The third kappa shape index (κ3) is 5.01. The predicted octanol–water partition coefficient (Wildman–Crippen LogP) is 3.41. The lowest BCUT2D eigenvalue weighted by Crippen LogP contribution is -2.44. The van der Waals surface area contributed by atoms with Crippen LogP contribution in [0.1, 0.15) is 22.6 Å². The van der Waals surface area contributed by atoms with E-state index in [0.29, 0.717) is 11.3 Å². The summed E-state index contributed by atoms with van der Waals surface area (Å²) in [6.07, 6.45) is 0. The van der Waals surface area contributed by atoms with E-state index in [2.05, 4.69) is 16.7 Å².